The van der Waals surface area contributed by atoms with Gasteiger partial charge in [-0.05, 0) is 12.5 Å². The summed E-state index contributed by atoms with van der Waals surface area (Å²) in [5.41, 5.74) is 7.17. The standard InChI is InChI=1S/C13H14N4O/c1-9-15-7-11(8-16-9)17-13(18)12(14)10-5-3-2-4-6-10/h2-8,12H,14H2,1H3,(H,17,18). The van der Waals surface area contributed by atoms with Gasteiger partial charge in [-0.2, -0.15) is 0 Å². The van der Waals surface area contributed by atoms with Crippen LogP contribution in [0.1, 0.15) is 17.4 Å². The normalized spacial score (nSPS) is 11.9. The molecular weight excluding hydrogens is 228 g/mol. The molecule has 0 saturated carbocycles. The predicted molar refractivity (Wildman–Crippen MR) is 68.8 cm³/mol. The third kappa shape index (κ3) is 2.89. The molecule has 0 aliphatic carbocycles. The number of nitrogens with two attached hydrogens (primary N) is 1. The first-order valence-corrected chi connectivity index (χ1v) is 5.57. The Morgan fingerprint density at radius 2 is 1.83 bits per heavy atom. The van der Waals surface area contributed by atoms with Gasteiger partial charge >= 0.3 is 0 Å². The molecule has 0 fully saturated rings. The van der Waals surface area contributed by atoms with Crippen LogP contribution >= 0.6 is 0 Å². The number of carbonyl (C=O) groups excluding carboxylic acids is 1. The molecule has 1 unspecified atom stereocenters. The molecule has 0 aliphatic rings. The molecule has 1 amide bonds. The van der Waals surface area contributed by atoms with Crippen LogP contribution in [-0.4, -0.2) is 15.9 Å². The van der Waals surface area contributed by atoms with E-state index in [1.807, 2.05) is 30.3 Å². The van der Waals surface area contributed by atoms with E-state index in [2.05, 4.69) is 15.3 Å². The molecule has 0 aliphatic heterocycles. The molecule has 5 nitrogen and oxygen atoms in total. The fourth-order valence-electron chi connectivity index (χ4n) is 1.49. The lowest BCUT2D eigenvalue weighted by Gasteiger charge is -2.12. The maximum absolute atomic E-state index is 11.9. The van der Waals surface area contributed by atoms with Crippen molar-refractivity contribution in [3.63, 3.8) is 0 Å². The lowest BCUT2D eigenvalue weighted by atomic mass is 10.1. The van der Waals surface area contributed by atoms with Crippen molar-refractivity contribution in [2.45, 2.75) is 13.0 Å². The molecule has 2 aromatic rings. The molecule has 0 bridgehead atoms. The zero-order chi connectivity index (χ0) is 13.0. The van der Waals surface area contributed by atoms with Crippen LogP contribution in [0.3, 0.4) is 0 Å². The lowest BCUT2D eigenvalue weighted by Crippen LogP contribution is -2.27. The van der Waals surface area contributed by atoms with Crippen LogP contribution in [0.5, 0.6) is 0 Å². The molecule has 3 N–H and O–H groups in total. The number of amides is 1. The Labute approximate surface area is 105 Å². The zero-order valence-corrected chi connectivity index (χ0v) is 10.00. The topological polar surface area (TPSA) is 80.9 Å². The number of carbonyl (C=O) groups is 1. The Kier molecular flexibility index (Phi) is 3.64. The number of aryl methyl sites for hydroxylation is 1. The number of nitrogens with zero attached hydrogens (tertiary/aromatic N) is 2. The fraction of sp³-hybridized carbons (Fsp3) is 0.154. The highest BCUT2D eigenvalue weighted by atomic mass is 16.2. The molecule has 1 atom stereocenters. The summed E-state index contributed by atoms with van der Waals surface area (Å²) in [5, 5.41) is 2.68. The monoisotopic (exact) mass is 242 g/mol. The first-order chi connectivity index (χ1) is 8.66. The molecule has 2 rings (SSSR count). The highest BCUT2D eigenvalue weighted by Crippen LogP contribution is 2.12. The maximum Gasteiger partial charge on any atom is 0.245 e. The van der Waals surface area contributed by atoms with E-state index in [0.717, 1.165) is 5.56 Å². The van der Waals surface area contributed by atoms with Gasteiger partial charge in [0.05, 0.1) is 18.1 Å². The van der Waals surface area contributed by atoms with Gasteiger partial charge < -0.3 is 11.1 Å². The summed E-state index contributed by atoms with van der Waals surface area (Å²) < 4.78 is 0. The second-order valence-electron chi connectivity index (χ2n) is 3.90. The van der Waals surface area contributed by atoms with E-state index in [-0.39, 0.29) is 5.91 Å². The largest absolute Gasteiger partial charge is 0.322 e. The summed E-state index contributed by atoms with van der Waals surface area (Å²) in [6, 6.07) is 8.50. The van der Waals surface area contributed by atoms with E-state index >= 15 is 0 Å². The van der Waals surface area contributed by atoms with Crippen LogP contribution in [0.15, 0.2) is 42.7 Å². The minimum atomic E-state index is -0.701. The van der Waals surface area contributed by atoms with Gasteiger partial charge in [0.15, 0.2) is 0 Å². The third-order valence-corrected chi connectivity index (χ3v) is 2.49. The molecule has 0 saturated heterocycles. The van der Waals surface area contributed by atoms with Crippen LogP contribution in [0, 0.1) is 6.92 Å². The second kappa shape index (κ2) is 5.37. The summed E-state index contributed by atoms with van der Waals surface area (Å²) in [5.74, 6) is 0.369. The van der Waals surface area contributed by atoms with E-state index in [0.29, 0.717) is 11.5 Å². The summed E-state index contributed by atoms with van der Waals surface area (Å²) in [7, 11) is 0. The van der Waals surface area contributed by atoms with Gasteiger partial charge in [0.1, 0.15) is 11.9 Å². The first kappa shape index (κ1) is 12.2. The van der Waals surface area contributed by atoms with Crippen LogP contribution in [0.25, 0.3) is 0 Å². The summed E-state index contributed by atoms with van der Waals surface area (Å²) in [6.07, 6.45) is 3.11. The van der Waals surface area contributed by atoms with E-state index in [1.165, 1.54) is 0 Å². The minimum Gasteiger partial charge on any atom is -0.322 e. The molecule has 18 heavy (non-hydrogen) atoms. The van der Waals surface area contributed by atoms with Crippen molar-refractivity contribution in [3.8, 4) is 0 Å². The van der Waals surface area contributed by atoms with Crippen molar-refractivity contribution >= 4 is 11.6 Å². The Bertz CT molecular complexity index is 524. The van der Waals surface area contributed by atoms with E-state index in [9.17, 15) is 4.79 Å². The van der Waals surface area contributed by atoms with Gasteiger partial charge in [0.2, 0.25) is 5.91 Å². The molecule has 0 radical (unpaired) electrons. The SMILES string of the molecule is Cc1ncc(NC(=O)C(N)c2ccccc2)cn1. The van der Waals surface area contributed by atoms with Crippen LogP contribution in [0.4, 0.5) is 5.69 Å². The Balaban J connectivity index is 2.06. The van der Waals surface area contributed by atoms with Crippen LogP contribution < -0.4 is 11.1 Å². The smallest absolute Gasteiger partial charge is 0.245 e. The molecule has 1 aromatic heterocycles. The Hall–Kier alpha value is -2.27. The van der Waals surface area contributed by atoms with Crippen molar-refractivity contribution in [1.82, 2.24) is 9.97 Å². The number of rotatable bonds is 3. The van der Waals surface area contributed by atoms with Gasteiger partial charge in [-0.3, -0.25) is 4.79 Å². The van der Waals surface area contributed by atoms with Gasteiger partial charge in [-0.1, -0.05) is 30.3 Å². The van der Waals surface area contributed by atoms with Crippen LogP contribution in [-0.2, 0) is 4.79 Å². The summed E-state index contributed by atoms with van der Waals surface area (Å²) >= 11 is 0. The number of benzene rings is 1. The molecule has 5 heteroatoms. The summed E-state index contributed by atoms with van der Waals surface area (Å²) in [6.45, 7) is 1.78. The first-order valence-electron chi connectivity index (χ1n) is 5.57. The van der Waals surface area contributed by atoms with Crippen molar-refractivity contribution in [1.29, 1.82) is 0 Å². The molecule has 92 valence electrons. The van der Waals surface area contributed by atoms with Crippen molar-refractivity contribution < 1.29 is 4.79 Å². The number of hydrogen-bond acceptors (Lipinski definition) is 4. The average molecular weight is 242 g/mol. The quantitative estimate of drug-likeness (QED) is 0.853. The molecule has 1 aromatic carbocycles. The number of anilines is 1. The minimum absolute atomic E-state index is 0.284. The van der Waals surface area contributed by atoms with Gasteiger partial charge in [-0.25, -0.2) is 9.97 Å². The molecular formula is C13H14N4O. The third-order valence-electron chi connectivity index (χ3n) is 2.49. The highest BCUT2D eigenvalue weighted by molar-refractivity contribution is 5.95. The zero-order valence-electron chi connectivity index (χ0n) is 10.00. The number of hydrogen-bond donors (Lipinski definition) is 2. The van der Waals surface area contributed by atoms with Crippen LogP contribution in [0.2, 0.25) is 0 Å². The van der Waals surface area contributed by atoms with Crippen molar-refractivity contribution in [2.75, 3.05) is 5.32 Å². The van der Waals surface area contributed by atoms with E-state index in [1.54, 1.807) is 19.3 Å². The van der Waals surface area contributed by atoms with Crippen molar-refractivity contribution in [3.05, 3.63) is 54.1 Å². The highest BCUT2D eigenvalue weighted by Gasteiger charge is 2.15. The van der Waals surface area contributed by atoms with Gasteiger partial charge in [-0.15, -0.1) is 0 Å². The second-order valence-corrected chi connectivity index (χ2v) is 3.90. The molecule has 0 spiro atoms. The number of nitrogens with one attached hydrogen (secondary N) is 1. The van der Waals surface area contributed by atoms with Gasteiger partial charge in [0, 0.05) is 0 Å². The van der Waals surface area contributed by atoms with E-state index in [4.69, 9.17) is 5.73 Å². The number of aromatic nitrogens is 2. The van der Waals surface area contributed by atoms with Gasteiger partial charge in [0.25, 0.3) is 0 Å². The van der Waals surface area contributed by atoms with Crippen molar-refractivity contribution in [2.24, 2.45) is 5.73 Å². The Morgan fingerprint density at radius 1 is 1.22 bits per heavy atom. The molecule has 1 heterocycles. The predicted octanol–water partition coefficient (Wildman–Crippen LogP) is 1.42. The van der Waals surface area contributed by atoms with E-state index < -0.39 is 6.04 Å². The lowest BCUT2D eigenvalue weighted by molar-refractivity contribution is -0.117. The fourth-order valence-corrected chi connectivity index (χ4v) is 1.49. The maximum atomic E-state index is 11.9. The average Bonchev–Trinajstić information content (AvgIpc) is 2.41. The Morgan fingerprint density at radius 3 is 2.44 bits per heavy atom. The summed E-state index contributed by atoms with van der Waals surface area (Å²) in [4.78, 5) is 19.9.